The van der Waals surface area contributed by atoms with Crippen LogP contribution in [0.25, 0.3) is 0 Å². The third kappa shape index (κ3) is 4.05. The molecule has 0 bridgehead atoms. The van der Waals surface area contributed by atoms with Crippen LogP contribution >= 0.6 is 12.6 Å². The highest BCUT2D eigenvalue weighted by atomic mass is 32.2. The molecule has 0 saturated carbocycles. The number of rotatable bonds is 5. The van der Waals surface area contributed by atoms with E-state index in [-0.39, 0.29) is 22.2 Å². The van der Waals surface area contributed by atoms with E-state index < -0.39 is 10.0 Å². The zero-order chi connectivity index (χ0) is 17.9. The summed E-state index contributed by atoms with van der Waals surface area (Å²) >= 11 is 3.91. The molecule has 9 heteroatoms. The smallest absolute Gasteiger partial charge is 0.263 e. The Kier molecular flexibility index (Phi) is 5.14. The number of aromatic nitrogens is 1. The number of ketones is 1. The molecule has 0 aliphatic carbocycles. The molecule has 7 nitrogen and oxygen atoms in total. The Labute approximate surface area is 150 Å². The van der Waals surface area contributed by atoms with Gasteiger partial charge in [0.15, 0.2) is 17.3 Å². The van der Waals surface area contributed by atoms with E-state index in [9.17, 15) is 13.2 Å². The standard InChI is InChI=1S/C16H16N2O5S2/c19-13(10-24)11-2-5-16(17-9-11)18-25(20,21)12-3-4-14-15(8-12)23-7-1-6-22-14/h2-5,8-9,24H,1,6-7,10H2,(H,17,18). The summed E-state index contributed by atoms with van der Waals surface area (Å²) in [7, 11) is -3.85. The van der Waals surface area contributed by atoms with Crippen LogP contribution in [0.2, 0.25) is 0 Å². The summed E-state index contributed by atoms with van der Waals surface area (Å²) in [5, 5.41) is 0. The number of nitrogens with zero attached hydrogens (tertiary/aromatic N) is 1. The van der Waals surface area contributed by atoms with Gasteiger partial charge in [-0.2, -0.15) is 12.6 Å². The fourth-order valence-corrected chi connectivity index (χ4v) is 3.42. The maximum Gasteiger partial charge on any atom is 0.263 e. The van der Waals surface area contributed by atoms with Gasteiger partial charge in [-0.05, 0) is 24.3 Å². The van der Waals surface area contributed by atoms with E-state index in [0.29, 0.717) is 30.3 Å². The van der Waals surface area contributed by atoms with Gasteiger partial charge in [0.1, 0.15) is 5.82 Å². The number of fused-ring (bicyclic) bond motifs is 1. The first kappa shape index (κ1) is 17.6. The van der Waals surface area contributed by atoms with E-state index >= 15 is 0 Å². The number of Topliss-reactive ketones (excluding diaryl/α,β-unsaturated/α-hetero) is 1. The topological polar surface area (TPSA) is 94.6 Å². The van der Waals surface area contributed by atoms with Gasteiger partial charge in [-0.25, -0.2) is 13.4 Å². The van der Waals surface area contributed by atoms with Crippen LogP contribution in [-0.2, 0) is 10.0 Å². The number of pyridine rings is 1. The molecule has 0 amide bonds. The molecule has 1 aromatic carbocycles. The summed E-state index contributed by atoms with van der Waals surface area (Å²) in [5.41, 5.74) is 0.369. The van der Waals surface area contributed by atoms with Crippen LogP contribution < -0.4 is 14.2 Å². The van der Waals surface area contributed by atoms with Crippen molar-refractivity contribution in [3.63, 3.8) is 0 Å². The molecule has 2 heterocycles. The highest BCUT2D eigenvalue weighted by Crippen LogP contribution is 2.32. The van der Waals surface area contributed by atoms with Crippen molar-refractivity contribution in [2.45, 2.75) is 11.3 Å². The normalized spacial score (nSPS) is 13.8. The molecule has 132 valence electrons. The third-order valence-corrected chi connectivity index (χ3v) is 5.14. The number of thiol groups is 1. The molecule has 1 aliphatic rings. The highest BCUT2D eigenvalue weighted by molar-refractivity contribution is 7.92. The van der Waals surface area contributed by atoms with Gasteiger partial charge < -0.3 is 9.47 Å². The lowest BCUT2D eigenvalue weighted by atomic mass is 10.2. The minimum atomic E-state index is -3.85. The molecule has 25 heavy (non-hydrogen) atoms. The number of nitrogens with one attached hydrogen (secondary N) is 1. The Morgan fingerprint density at radius 3 is 2.60 bits per heavy atom. The van der Waals surface area contributed by atoms with E-state index in [2.05, 4.69) is 22.3 Å². The minimum absolute atomic E-state index is 0.0362. The van der Waals surface area contributed by atoms with Crippen LogP contribution in [0, 0.1) is 0 Å². The van der Waals surface area contributed by atoms with Crippen LogP contribution in [0.5, 0.6) is 11.5 Å². The van der Waals surface area contributed by atoms with Gasteiger partial charge in [-0.15, -0.1) is 0 Å². The average molecular weight is 380 g/mol. The maximum absolute atomic E-state index is 12.5. The van der Waals surface area contributed by atoms with Crippen molar-refractivity contribution in [2.24, 2.45) is 0 Å². The van der Waals surface area contributed by atoms with Crippen molar-refractivity contribution in [3.05, 3.63) is 42.1 Å². The number of sulfonamides is 1. The molecule has 0 saturated heterocycles. The Morgan fingerprint density at radius 1 is 1.16 bits per heavy atom. The van der Waals surface area contributed by atoms with E-state index in [1.165, 1.54) is 30.5 Å². The predicted molar refractivity (Wildman–Crippen MR) is 95.3 cm³/mol. The van der Waals surface area contributed by atoms with Gasteiger partial charge in [0.05, 0.1) is 23.9 Å². The molecule has 0 radical (unpaired) electrons. The molecule has 1 N–H and O–H groups in total. The van der Waals surface area contributed by atoms with Crippen molar-refractivity contribution in [3.8, 4) is 11.5 Å². The molecular weight excluding hydrogens is 364 g/mol. The number of carbonyl (C=O) groups is 1. The van der Waals surface area contributed by atoms with E-state index in [0.717, 1.165) is 6.42 Å². The number of carbonyl (C=O) groups excluding carboxylic acids is 1. The quantitative estimate of drug-likeness (QED) is 0.610. The highest BCUT2D eigenvalue weighted by Gasteiger charge is 2.19. The largest absolute Gasteiger partial charge is 0.490 e. The van der Waals surface area contributed by atoms with Crippen LogP contribution in [0.15, 0.2) is 41.4 Å². The van der Waals surface area contributed by atoms with Crippen LogP contribution in [0.1, 0.15) is 16.8 Å². The zero-order valence-electron chi connectivity index (χ0n) is 13.1. The fourth-order valence-electron chi connectivity index (χ4n) is 2.22. The lowest BCUT2D eigenvalue weighted by Crippen LogP contribution is -2.14. The van der Waals surface area contributed by atoms with Gasteiger partial charge in [0, 0.05) is 24.2 Å². The number of ether oxygens (including phenoxy) is 2. The van der Waals surface area contributed by atoms with Crippen molar-refractivity contribution >= 4 is 34.3 Å². The second-order valence-electron chi connectivity index (χ2n) is 5.28. The summed E-state index contributed by atoms with van der Waals surface area (Å²) in [6.07, 6.45) is 2.04. The third-order valence-electron chi connectivity index (χ3n) is 3.50. The molecule has 3 rings (SSSR count). The lowest BCUT2D eigenvalue weighted by Gasteiger charge is -2.11. The van der Waals surface area contributed by atoms with Crippen molar-refractivity contribution < 1.29 is 22.7 Å². The first-order chi connectivity index (χ1) is 12.0. The van der Waals surface area contributed by atoms with Crippen molar-refractivity contribution in [2.75, 3.05) is 23.7 Å². The molecule has 0 fully saturated rings. The molecule has 0 atom stereocenters. The Balaban J connectivity index is 1.82. The molecule has 0 unspecified atom stereocenters. The van der Waals surface area contributed by atoms with Gasteiger partial charge in [-0.3, -0.25) is 9.52 Å². The molecule has 2 aromatic rings. The number of benzene rings is 1. The second kappa shape index (κ2) is 7.32. The first-order valence-electron chi connectivity index (χ1n) is 7.52. The van der Waals surface area contributed by atoms with Crippen LogP contribution in [0.4, 0.5) is 5.82 Å². The Bertz CT molecular complexity index is 882. The number of hydrogen-bond acceptors (Lipinski definition) is 7. The summed E-state index contributed by atoms with van der Waals surface area (Å²) in [6.45, 7) is 0.991. The Hall–Kier alpha value is -2.26. The second-order valence-corrected chi connectivity index (χ2v) is 7.28. The van der Waals surface area contributed by atoms with Crippen LogP contribution in [0.3, 0.4) is 0 Å². The maximum atomic E-state index is 12.5. The van der Waals surface area contributed by atoms with Crippen molar-refractivity contribution in [1.82, 2.24) is 4.98 Å². The SMILES string of the molecule is O=C(CS)c1ccc(NS(=O)(=O)c2ccc3c(c2)OCCCO3)nc1. The molecular formula is C16H16N2O5S2. The van der Waals surface area contributed by atoms with Crippen molar-refractivity contribution in [1.29, 1.82) is 0 Å². The van der Waals surface area contributed by atoms with E-state index in [1.807, 2.05) is 0 Å². The van der Waals surface area contributed by atoms with Gasteiger partial charge in [-0.1, -0.05) is 0 Å². The van der Waals surface area contributed by atoms with Crippen LogP contribution in [-0.4, -0.2) is 38.2 Å². The average Bonchev–Trinajstić information content (AvgIpc) is 2.86. The summed E-state index contributed by atoms with van der Waals surface area (Å²) < 4.78 is 38.4. The molecule has 1 aliphatic heterocycles. The summed E-state index contributed by atoms with van der Waals surface area (Å²) in [4.78, 5) is 15.5. The van der Waals surface area contributed by atoms with Gasteiger partial charge >= 0.3 is 0 Å². The lowest BCUT2D eigenvalue weighted by molar-refractivity contribution is 0.102. The Morgan fingerprint density at radius 2 is 1.92 bits per heavy atom. The monoisotopic (exact) mass is 380 g/mol. The minimum Gasteiger partial charge on any atom is -0.490 e. The van der Waals surface area contributed by atoms with Gasteiger partial charge in [0.25, 0.3) is 10.0 Å². The molecule has 1 aromatic heterocycles. The first-order valence-corrected chi connectivity index (χ1v) is 9.64. The summed E-state index contributed by atoms with van der Waals surface area (Å²) in [5.74, 6) is 0.896. The van der Waals surface area contributed by atoms with E-state index in [1.54, 1.807) is 6.07 Å². The fraction of sp³-hybridized carbons (Fsp3) is 0.250. The molecule has 0 spiro atoms. The van der Waals surface area contributed by atoms with Gasteiger partial charge in [0.2, 0.25) is 0 Å². The summed E-state index contributed by atoms with van der Waals surface area (Å²) in [6, 6.07) is 7.35. The number of anilines is 1. The van der Waals surface area contributed by atoms with E-state index in [4.69, 9.17) is 9.47 Å². The zero-order valence-corrected chi connectivity index (χ0v) is 14.8. The predicted octanol–water partition coefficient (Wildman–Crippen LogP) is 2.16. The number of hydrogen-bond donors (Lipinski definition) is 2.